The monoisotopic (exact) mass is 290 g/mol. The summed E-state index contributed by atoms with van der Waals surface area (Å²) in [5.74, 6) is 0.351. The van der Waals surface area contributed by atoms with Crippen LogP contribution in [0.4, 0.5) is 13.2 Å². The van der Waals surface area contributed by atoms with Gasteiger partial charge in [-0.3, -0.25) is 0 Å². The van der Waals surface area contributed by atoms with Crippen LogP contribution < -0.4 is 0 Å². The van der Waals surface area contributed by atoms with Crippen molar-refractivity contribution in [1.82, 2.24) is 19.8 Å². The van der Waals surface area contributed by atoms with E-state index in [1.165, 1.54) is 11.3 Å². The van der Waals surface area contributed by atoms with Gasteiger partial charge in [-0.2, -0.15) is 17.7 Å². The smallest absolute Gasteiger partial charge is 0.181 e. The molecule has 18 heavy (non-hydrogen) atoms. The number of rotatable bonds is 1. The van der Waals surface area contributed by atoms with Gasteiger partial charge in [-0.05, 0) is 23.9 Å². The third-order valence-electron chi connectivity index (χ3n) is 2.30. The van der Waals surface area contributed by atoms with E-state index in [1.807, 2.05) is 18.4 Å². The van der Waals surface area contributed by atoms with E-state index in [0.29, 0.717) is 17.2 Å². The number of hydrogen-bond donors (Lipinski definition) is 0. The Morgan fingerprint density at radius 1 is 1.28 bits per heavy atom. The predicted molar refractivity (Wildman–Crippen MR) is 61.7 cm³/mol. The van der Waals surface area contributed by atoms with Crippen molar-refractivity contribution in [3.8, 4) is 10.7 Å². The fraction of sp³-hybridized carbons (Fsp3) is 0.222. The molecular formula is C9H5F3N4S2. The molecule has 0 bridgehead atoms. The highest BCUT2D eigenvalue weighted by Gasteiger charge is 2.36. The predicted octanol–water partition coefficient (Wildman–Crippen LogP) is 3.24. The molecule has 0 aliphatic heterocycles. The molecule has 0 saturated carbocycles. The Hall–Kier alpha value is -1.48. The van der Waals surface area contributed by atoms with Crippen LogP contribution in [0.5, 0.6) is 0 Å². The molecule has 0 atom stereocenters. The summed E-state index contributed by atoms with van der Waals surface area (Å²) in [7, 11) is 0. The number of fused-ring (bicyclic) bond motifs is 1. The molecule has 3 heterocycles. The van der Waals surface area contributed by atoms with Gasteiger partial charge in [0.2, 0.25) is 9.97 Å². The second kappa shape index (κ2) is 3.75. The average molecular weight is 290 g/mol. The van der Waals surface area contributed by atoms with Crippen molar-refractivity contribution in [2.75, 3.05) is 0 Å². The van der Waals surface area contributed by atoms with Gasteiger partial charge in [0.15, 0.2) is 5.82 Å². The molecule has 0 spiro atoms. The third-order valence-corrected chi connectivity index (χ3v) is 4.25. The number of thiophene rings is 1. The maximum Gasteiger partial charge on any atom is 0.445 e. The van der Waals surface area contributed by atoms with E-state index in [1.54, 1.807) is 0 Å². The summed E-state index contributed by atoms with van der Waals surface area (Å²) in [5, 5.41) is 12.1. The third kappa shape index (κ3) is 1.70. The van der Waals surface area contributed by atoms with E-state index in [2.05, 4.69) is 15.3 Å². The molecule has 4 nitrogen and oxygen atoms in total. The number of aryl methyl sites for hydroxylation is 1. The topological polar surface area (TPSA) is 43.1 Å². The molecule has 0 N–H and O–H groups in total. The number of aromatic nitrogens is 4. The summed E-state index contributed by atoms with van der Waals surface area (Å²) in [6.07, 6.45) is -4.45. The minimum absolute atomic E-state index is 0.144. The van der Waals surface area contributed by atoms with Crippen molar-refractivity contribution in [3.63, 3.8) is 0 Å². The minimum atomic E-state index is -4.45. The molecule has 9 heteroatoms. The first-order chi connectivity index (χ1) is 8.47. The van der Waals surface area contributed by atoms with Gasteiger partial charge in [0.25, 0.3) is 0 Å². The lowest BCUT2D eigenvalue weighted by molar-refractivity contribution is -0.138. The van der Waals surface area contributed by atoms with Crippen LogP contribution in [0.25, 0.3) is 15.7 Å². The maximum absolute atomic E-state index is 12.5. The van der Waals surface area contributed by atoms with E-state index in [4.69, 9.17) is 0 Å². The average Bonchev–Trinajstić information content (AvgIpc) is 2.90. The molecular weight excluding hydrogens is 285 g/mol. The van der Waals surface area contributed by atoms with Gasteiger partial charge >= 0.3 is 6.18 Å². The normalized spacial score (nSPS) is 12.4. The highest BCUT2D eigenvalue weighted by atomic mass is 32.1. The van der Waals surface area contributed by atoms with Crippen LogP contribution in [-0.2, 0) is 6.18 Å². The highest BCUT2D eigenvalue weighted by molar-refractivity contribution is 7.17. The highest BCUT2D eigenvalue weighted by Crippen LogP contribution is 2.34. The Balaban J connectivity index is 2.20. The van der Waals surface area contributed by atoms with Crippen molar-refractivity contribution < 1.29 is 13.2 Å². The van der Waals surface area contributed by atoms with Crippen LogP contribution in [0, 0.1) is 6.92 Å². The van der Waals surface area contributed by atoms with Gasteiger partial charge in [0.05, 0.1) is 4.88 Å². The zero-order valence-electron chi connectivity index (χ0n) is 8.89. The number of alkyl halides is 3. The zero-order valence-corrected chi connectivity index (χ0v) is 10.5. The van der Waals surface area contributed by atoms with Gasteiger partial charge in [-0.1, -0.05) is 11.3 Å². The van der Waals surface area contributed by atoms with Crippen molar-refractivity contribution in [2.24, 2.45) is 0 Å². The Bertz CT molecular complexity index is 709. The molecule has 0 radical (unpaired) electrons. The van der Waals surface area contributed by atoms with Crippen molar-refractivity contribution >= 4 is 27.6 Å². The van der Waals surface area contributed by atoms with Crippen LogP contribution in [-0.4, -0.2) is 19.8 Å². The molecule has 0 saturated heterocycles. The zero-order chi connectivity index (χ0) is 12.9. The van der Waals surface area contributed by atoms with Gasteiger partial charge in [0.1, 0.15) is 0 Å². The molecule has 0 aliphatic rings. The maximum atomic E-state index is 12.5. The Morgan fingerprint density at radius 3 is 2.67 bits per heavy atom. The summed E-state index contributed by atoms with van der Waals surface area (Å²) in [6, 6.07) is 1.87. The molecule has 3 rings (SSSR count). The van der Waals surface area contributed by atoms with Gasteiger partial charge in [-0.15, -0.1) is 26.6 Å². The van der Waals surface area contributed by atoms with E-state index in [9.17, 15) is 13.2 Å². The SMILES string of the molecule is Cc1ccsc1-c1nnc2sc(C(F)(F)F)nn12. The molecule has 0 aliphatic carbocycles. The van der Waals surface area contributed by atoms with E-state index < -0.39 is 11.2 Å². The van der Waals surface area contributed by atoms with E-state index >= 15 is 0 Å². The van der Waals surface area contributed by atoms with Crippen LogP contribution in [0.2, 0.25) is 0 Å². The first-order valence-corrected chi connectivity index (χ1v) is 6.50. The lowest BCUT2D eigenvalue weighted by Gasteiger charge is -1.98. The summed E-state index contributed by atoms with van der Waals surface area (Å²) in [6.45, 7) is 1.87. The number of nitrogens with zero attached hydrogens (tertiary/aromatic N) is 4. The Labute approximate surface area is 107 Å². The standard InChI is InChI=1S/C9H5F3N4S2/c1-4-2-3-17-5(4)6-13-14-8-16(6)15-7(18-8)9(10,11)12/h2-3H,1H3. The fourth-order valence-electron chi connectivity index (χ4n) is 1.47. The van der Waals surface area contributed by atoms with Gasteiger partial charge < -0.3 is 0 Å². The van der Waals surface area contributed by atoms with Crippen LogP contribution in [0.3, 0.4) is 0 Å². The first kappa shape index (κ1) is 11.6. The summed E-state index contributed by atoms with van der Waals surface area (Å²) in [4.78, 5) is 0.923. The fourth-order valence-corrected chi connectivity index (χ4v) is 3.08. The van der Waals surface area contributed by atoms with Crippen LogP contribution >= 0.6 is 22.7 Å². The van der Waals surface area contributed by atoms with Crippen LogP contribution in [0.15, 0.2) is 11.4 Å². The summed E-state index contributed by atoms with van der Waals surface area (Å²) < 4.78 is 38.8. The number of hydrogen-bond acceptors (Lipinski definition) is 5. The Kier molecular flexibility index (Phi) is 2.42. The summed E-state index contributed by atoms with van der Waals surface area (Å²) in [5.41, 5.74) is 0.941. The molecule has 3 aromatic rings. The van der Waals surface area contributed by atoms with Gasteiger partial charge in [0, 0.05) is 0 Å². The molecule has 0 amide bonds. The molecule has 0 aromatic carbocycles. The molecule has 0 unspecified atom stereocenters. The lowest BCUT2D eigenvalue weighted by atomic mass is 10.3. The minimum Gasteiger partial charge on any atom is -0.181 e. The first-order valence-electron chi connectivity index (χ1n) is 4.81. The molecule has 3 aromatic heterocycles. The van der Waals surface area contributed by atoms with Gasteiger partial charge in [-0.25, -0.2) is 0 Å². The molecule has 94 valence electrons. The second-order valence-electron chi connectivity index (χ2n) is 3.56. The van der Waals surface area contributed by atoms with Crippen molar-refractivity contribution in [1.29, 1.82) is 0 Å². The van der Waals surface area contributed by atoms with E-state index in [0.717, 1.165) is 15.0 Å². The number of halogens is 3. The Morgan fingerprint density at radius 2 is 2.06 bits per heavy atom. The van der Waals surface area contributed by atoms with Crippen LogP contribution in [0.1, 0.15) is 10.6 Å². The summed E-state index contributed by atoms with van der Waals surface area (Å²) >= 11 is 1.88. The second-order valence-corrected chi connectivity index (χ2v) is 5.43. The van der Waals surface area contributed by atoms with E-state index in [-0.39, 0.29) is 4.96 Å². The quantitative estimate of drug-likeness (QED) is 0.691. The largest absolute Gasteiger partial charge is 0.445 e. The lowest BCUT2D eigenvalue weighted by Crippen LogP contribution is -2.05. The van der Waals surface area contributed by atoms with Crippen molar-refractivity contribution in [2.45, 2.75) is 13.1 Å². The molecule has 0 fully saturated rings. The van der Waals surface area contributed by atoms with Crippen molar-refractivity contribution in [3.05, 3.63) is 22.0 Å².